The number of amides is 2. The zero-order valence-electron chi connectivity index (χ0n) is 17.9. The van der Waals surface area contributed by atoms with E-state index in [0.29, 0.717) is 36.0 Å². The zero-order chi connectivity index (χ0) is 22.9. The van der Waals surface area contributed by atoms with Gasteiger partial charge in [0.1, 0.15) is 6.04 Å². The quantitative estimate of drug-likeness (QED) is 0.440. The van der Waals surface area contributed by atoms with E-state index in [1.807, 2.05) is 60.7 Å². The van der Waals surface area contributed by atoms with Gasteiger partial charge in [-0.15, -0.1) is 0 Å². The van der Waals surface area contributed by atoms with Crippen LogP contribution in [0.3, 0.4) is 0 Å². The molecule has 0 heterocycles. The maximum absolute atomic E-state index is 13.4. The second kappa shape index (κ2) is 11.7. The molecule has 32 heavy (non-hydrogen) atoms. The Hall–Kier alpha value is -2.82. The largest absolute Gasteiger partial charge is 0.350 e. The molecule has 4 nitrogen and oxygen atoms in total. The van der Waals surface area contributed by atoms with Gasteiger partial charge in [0.2, 0.25) is 11.8 Å². The minimum Gasteiger partial charge on any atom is -0.350 e. The molecule has 1 atom stereocenters. The first kappa shape index (κ1) is 23.8. The van der Waals surface area contributed by atoms with Crippen molar-refractivity contribution < 1.29 is 9.59 Å². The number of benzene rings is 3. The molecule has 0 spiro atoms. The fourth-order valence-corrected chi connectivity index (χ4v) is 3.81. The van der Waals surface area contributed by atoms with E-state index in [1.54, 1.807) is 30.0 Å². The highest BCUT2D eigenvalue weighted by Crippen LogP contribution is 2.18. The number of carbonyl (C=O) groups is 2. The van der Waals surface area contributed by atoms with Crippen molar-refractivity contribution in [1.29, 1.82) is 0 Å². The number of nitrogens with one attached hydrogen (secondary N) is 1. The first-order valence-electron chi connectivity index (χ1n) is 10.6. The molecule has 0 saturated carbocycles. The van der Waals surface area contributed by atoms with E-state index < -0.39 is 6.04 Å². The Morgan fingerprint density at radius 1 is 0.875 bits per heavy atom. The lowest BCUT2D eigenvalue weighted by Gasteiger charge is -2.31. The van der Waals surface area contributed by atoms with Crippen LogP contribution in [0.1, 0.15) is 30.0 Å². The predicted molar refractivity (Wildman–Crippen MR) is 130 cm³/mol. The number of hydrogen-bond acceptors (Lipinski definition) is 2. The second-order valence-corrected chi connectivity index (χ2v) is 8.36. The fourth-order valence-electron chi connectivity index (χ4n) is 3.49. The van der Waals surface area contributed by atoms with Crippen LogP contribution in [0.5, 0.6) is 0 Å². The van der Waals surface area contributed by atoms with Gasteiger partial charge < -0.3 is 10.2 Å². The third-order valence-corrected chi connectivity index (χ3v) is 5.87. The maximum atomic E-state index is 13.4. The normalized spacial score (nSPS) is 11.6. The van der Waals surface area contributed by atoms with Gasteiger partial charge in [-0.3, -0.25) is 9.59 Å². The Labute approximate surface area is 199 Å². The van der Waals surface area contributed by atoms with Crippen molar-refractivity contribution in [3.05, 3.63) is 106 Å². The molecule has 0 fully saturated rings. The van der Waals surface area contributed by atoms with Crippen molar-refractivity contribution in [2.45, 2.75) is 38.9 Å². The van der Waals surface area contributed by atoms with Gasteiger partial charge >= 0.3 is 0 Å². The van der Waals surface area contributed by atoms with Crippen LogP contribution in [-0.4, -0.2) is 22.8 Å². The van der Waals surface area contributed by atoms with Gasteiger partial charge in [-0.25, -0.2) is 0 Å². The SMILES string of the molecule is CCC(=O)N(Cc1ccc(Cl)cc1)[C@H](Cc1ccccc1)C(=O)NCc1ccccc1Cl. The topological polar surface area (TPSA) is 49.4 Å². The van der Waals surface area contributed by atoms with Crippen molar-refractivity contribution in [2.75, 3.05) is 0 Å². The van der Waals surface area contributed by atoms with E-state index in [9.17, 15) is 9.59 Å². The zero-order valence-corrected chi connectivity index (χ0v) is 19.4. The Morgan fingerprint density at radius 3 is 2.19 bits per heavy atom. The van der Waals surface area contributed by atoms with Crippen molar-refractivity contribution in [2.24, 2.45) is 0 Å². The van der Waals surface area contributed by atoms with Crippen molar-refractivity contribution in [1.82, 2.24) is 10.2 Å². The van der Waals surface area contributed by atoms with Gasteiger partial charge in [-0.1, -0.05) is 90.8 Å². The molecule has 6 heteroatoms. The molecular weight excluding hydrogens is 443 g/mol. The van der Waals surface area contributed by atoms with E-state index >= 15 is 0 Å². The summed E-state index contributed by atoms with van der Waals surface area (Å²) < 4.78 is 0. The summed E-state index contributed by atoms with van der Waals surface area (Å²) in [4.78, 5) is 28.0. The maximum Gasteiger partial charge on any atom is 0.243 e. The number of nitrogens with zero attached hydrogens (tertiary/aromatic N) is 1. The summed E-state index contributed by atoms with van der Waals surface area (Å²) >= 11 is 12.3. The van der Waals surface area contributed by atoms with Crippen molar-refractivity contribution >= 4 is 35.0 Å². The van der Waals surface area contributed by atoms with E-state index in [4.69, 9.17) is 23.2 Å². The van der Waals surface area contributed by atoms with Gasteiger partial charge in [0.05, 0.1) is 0 Å². The van der Waals surface area contributed by atoms with E-state index in [1.165, 1.54) is 0 Å². The molecular formula is C26H26Cl2N2O2. The average molecular weight is 469 g/mol. The Morgan fingerprint density at radius 2 is 1.53 bits per heavy atom. The van der Waals surface area contributed by atoms with Crippen LogP contribution in [0.2, 0.25) is 10.0 Å². The summed E-state index contributed by atoms with van der Waals surface area (Å²) in [7, 11) is 0. The van der Waals surface area contributed by atoms with Crippen molar-refractivity contribution in [3.63, 3.8) is 0 Å². The molecule has 0 aliphatic carbocycles. The molecule has 3 aromatic rings. The number of rotatable bonds is 9. The van der Waals surface area contributed by atoms with Crippen LogP contribution in [0.15, 0.2) is 78.9 Å². The van der Waals surface area contributed by atoms with Gasteiger partial charge in [0.15, 0.2) is 0 Å². The van der Waals surface area contributed by atoms with Crippen LogP contribution in [-0.2, 0) is 29.1 Å². The van der Waals surface area contributed by atoms with Crippen molar-refractivity contribution in [3.8, 4) is 0 Å². The molecule has 3 rings (SSSR count). The van der Waals surface area contributed by atoms with Crippen LogP contribution in [0.4, 0.5) is 0 Å². The number of halogens is 2. The van der Waals surface area contributed by atoms with Gasteiger partial charge in [0, 0.05) is 36.0 Å². The minimum absolute atomic E-state index is 0.0891. The van der Waals surface area contributed by atoms with Gasteiger partial charge in [-0.2, -0.15) is 0 Å². The highest BCUT2D eigenvalue weighted by molar-refractivity contribution is 6.31. The highest BCUT2D eigenvalue weighted by atomic mass is 35.5. The third-order valence-electron chi connectivity index (χ3n) is 5.25. The second-order valence-electron chi connectivity index (χ2n) is 7.52. The molecule has 0 saturated heterocycles. The standard InChI is InChI=1S/C26H26Cl2N2O2/c1-2-25(31)30(18-20-12-14-22(27)15-13-20)24(16-19-8-4-3-5-9-19)26(32)29-17-21-10-6-7-11-23(21)28/h3-15,24H,2,16-18H2,1H3,(H,29,32)/t24-/m1/s1. The van der Waals surface area contributed by atoms with Gasteiger partial charge in [0.25, 0.3) is 0 Å². The summed E-state index contributed by atoms with van der Waals surface area (Å²) in [5, 5.41) is 4.19. The van der Waals surface area contributed by atoms with Crippen LogP contribution in [0, 0.1) is 0 Å². The molecule has 1 N–H and O–H groups in total. The van der Waals surface area contributed by atoms with E-state index in [0.717, 1.165) is 16.7 Å². The molecule has 0 radical (unpaired) electrons. The predicted octanol–water partition coefficient (Wildman–Crippen LogP) is 5.66. The number of carbonyl (C=O) groups excluding carboxylic acids is 2. The molecule has 0 aromatic heterocycles. The molecule has 166 valence electrons. The average Bonchev–Trinajstić information content (AvgIpc) is 2.82. The summed E-state index contributed by atoms with van der Waals surface area (Å²) in [6.07, 6.45) is 0.713. The van der Waals surface area contributed by atoms with E-state index in [-0.39, 0.29) is 11.8 Å². The first-order chi connectivity index (χ1) is 15.5. The Kier molecular flexibility index (Phi) is 8.72. The molecule has 2 amide bonds. The van der Waals surface area contributed by atoms with E-state index in [2.05, 4.69) is 5.32 Å². The molecule has 0 unspecified atom stereocenters. The Bertz CT molecular complexity index is 1040. The minimum atomic E-state index is -0.664. The lowest BCUT2D eigenvalue weighted by molar-refractivity contribution is -0.141. The number of hydrogen-bond donors (Lipinski definition) is 1. The van der Waals surface area contributed by atoms with Crippen LogP contribution >= 0.6 is 23.2 Å². The molecule has 0 bridgehead atoms. The van der Waals surface area contributed by atoms with Gasteiger partial charge in [-0.05, 0) is 34.9 Å². The van der Waals surface area contributed by atoms with Crippen LogP contribution < -0.4 is 5.32 Å². The summed E-state index contributed by atoms with van der Waals surface area (Å²) in [5.41, 5.74) is 2.72. The monoisotopic (exact) mass is 468 g/mol. The highest BCUT2D eigenvalue weighted by Gasteiger charge is 2.29. The lowest BCUT2D eigenvalue weighted by atomic mass is 10.0. The summed E-state index contributed by atoms with van der Waals surface area (Å²) in [5.74, 6) is -0.307. The van der Waals surface area contributed by atoms with Crippen LogP contribution in [0.25, 0.3) is 0 Å². The summed E-state index contributed by atoms with van der Waals surface area (Å²) in [6, 6.07) is 23.8. The molecule has 0 aliphatic heterocycles. The first-order valence-corrected chi connectivity index (χ1v) is 11.3. The summed E-state index contributed by atoms with van der Waals surface area (Å²) in [6.45, 7) is 2.41. The smallest absolute Gasteiger partial charge is 0.243 e. The molecule has 3 aromatic carbocycles. The lowest BCUT2D eigenvalue weighted by Crippen LogP contribution is -2.50. The fraction of sp³-hybridized carbons (Fsp3) is 0.231. The molecule has 0 aliphatic rings. The Balaban J connectivity index is 1.87. The third kappa shape index (κ3) is 6.59.